The van der Waals surface area contributed by atoms with Crippen molar-refractivity contribution in [2.75, 3.05) is 37.7 Å². The van der Waals surface area contributed by atoms with Crippen molar-refractivity contribution >= 4 is 45.4 Å². The molecular formula is C24H35N5O5S2. The zero-order chi connectivity index (χ0) is 26.3. The lowest BCUT2D eigenvalue weighted by atomic mass is 9.73. The first-order chi connectivity index (χ1) is 17.2. The molecule has 0 saturated carbocycles. The van der Waals surface area contributed by atoms with Gasteiger partial charge < -0.3 is 25.6 Å². The van der Waals surface area contributed by atoms with Crippen LogP contribution in [0.3, 0.4) is 0 Å². The van der Waals surface area contributed by atoms with Gasteiger partial charge in [-0.3, -0.25) is 14.3 Å². The molecule has 2 aliphatic rings. The van der Waals surface area contributed by atoms with Gasteiger partial charge >= 0.3 is 0 Å². The summed E-state index contributed by atoms with van der Waals surface area (Å²) in [7, 11) is -4.05. The number of hydrogen-bond donors (Lipinski definition) is 4. The lowest BCUT2D eigenvalue weighted by Crippen LogP contribution is -2.41. The molecule has 1 saturated heterocycles. The molecule has 0 aliphatic carbocycles. The Bertz CT molecular complexity index is 1120. The van der Waals surface area contributed by atoms with Gasteiger partial charge in [0.25, 0.3) is 10.0 Å². The smallest absolute Gasteiger partial charge is 0.265 e. The minimum atomic E-state index is -4.05. The Morgan fingerprint density at radius 3 is 2.61 bits per heavy atom. The van der Waals surface area contributed by atoms with Crippen molar-refractivity contribution in [1.29, 1.82) is 0 Å². The largest absolute Gasteiger partial charge is 0.378 e. The number of thiocarbonyl (C=S) groups is 1. The normalized spacial score (nSPS) is 20.8. The van der Waals surface area contributed by atoms with Gasteiger partial charge in [0.05, 0.1) is 30.4 Å². The van der Waals surface area contributed by atoms with Crippen LogP contribution < -0.4 is 25.6 Å². The number of anilines is 1. The molecule has 2 unspecified atom stereocenters. The van der Waals surface area contributed by atoms with Gasteiger partial charge in [-0.05, 0) is 61.7 Å². The molecule has 0 radical (unpaired) electrons. The van der Waals surface area contributed by atoms with E-state index in [1.165, 1.54) is 0 Å². The summed E-state index contributed by atoms with van der Waals surface area (Å²) in [6.07, 6.45) is 3.88. The quantitative estimate of drug-likeness (QED) is 0.248. The monoisotopic (exact) mass is 537 g/mol. The molecule has 12 heteroatoms. The maximum absolute atomic E-state index is 13.5. The third-order valence-corrected chi connectivity index (χ3v) is 8.58. The van der Waals surface area contributed by atoms with Crippen LogP contribution in [0.2, 0.25) is 0 Å². The average molecular weight is 538 g/mol. The highest BCUT2D eigenvalue weighted by molar-refractivity contribution is 7.92. The van der Waals surface area contributed by atoms with Crippen molar-refractivity contribution in [1.82, 2.24) is 20.7 Å². The summed E-state index contributed by atoms with van der Waals surface area (Å²) in [5, 5.41) is 8.47. The molecule has 1 fully saturated rings. The fourth-order valence-electron chi connectivity index (χ4n) is 4.65. The standard InChI is InChI=1S/C24H35N5O5S2/c1-4-8-25-23(35)28-36(32,33)21-13-18(6-7-20(21)29-9-11-34-12-10-29)19(27-16-30)14-24(5-2)17(3)15-26-22(24)31/h6-7,13,15-16,19H,4-5,8-12,14H2,1-3H3,(H,26,31)(H,27,30)(H2,25,28,35). The van der Waals surface area contributed by atoms with Gasteiger partial charge in [-0.25, -0.2) is 8.42 Å². The number of carbonyl (C=O) groups is 2. The van der Waals surface area contributed by atoms with Crippen LogP contribution >= 0.6 is 12.2 Å². The first kappa shape index (κ1) is 27.9. The summed E-state index contributed by atoms with van der Waals surface area (Å²) in [4.78, 5) is 26.3. The number of morpholine rings is 1. The molecule has 2 heterocycles. The number of rotatable bonds is 11. The van der Waals surface area contributed by atoms with E-state index in [4.69, 9.17) is 17.0 Å². The lowest BCUT2D eigenvalue weighted by molar-refractivity contribution is -0.128. The molecule has 0 bridgehead atoms. The predicted octanol–water partition coefficient (Wildman–Crippen LogP) is 1.69. The van der Waals surface area contributed by atoms with Crippen LogP contribution in [0.15, 0.2) is 34.9 Å². The predicted molar refractivity (Wildman–Crippen MR) is 142 cm³/mol. The first-order valence-electron chi connectivity index (χ1n) is 12.1. The number of amides is 2. The van der Waals surface area contributed by atoms with Crippen molar-refractivity contribution < 1.29 is 22.7 Å². The molecule has 198 valence electrons. The SMILES string of the molecule is CCCNC(=S)NS(=O)(=O)c1cc(C(CC2(CC)C(=O)NC=C2C)NC=O)ccc1N1CCOCC1. The zero-order valence-corrected chi connectivity index (χ0v) is 22.6. The Balaban J connectivity index is 2.04. The van der Waals surface area contributed by atoms with Crippen LogP contribution in [-0.2, 0) is 24.3 Å². The highest BCUT2D eigenvalue weighted by Gasteiger charge is 2.44. The van der Waals surface area contributed by atoms with Gasteiger partial charge in [0.1, 0.15) is 4.90 Å². The van der Waals surface area contributed by atoms with Gasteiger partial charge in [-0.15, -0.1) is 0 Å². The van der Waals surface area contributed by atoms with Crippen LogP contribution in [0.5, 0.6) is 0 Å². The summed E-state index contributed by atoms with van der Waals surface area (Å²) in [6, 6.07) is 4.51. The Labute approximate surface area is 218 Å². The Hall–Kier alpha value is -2.70. The van der Waals surface area contributed by atoms with Crippen LogP contribution in [-0.4, -0.2) is 58.7 Å². The number of nitrogens with zero attached hydrogens (tertiary/aromatic N) is 1. The second-order valence-electron chi connectivity index (χ2n) is 8.97. The Morgan fingerprint density at radius 2 is 2.03 bits per heavy atom. The number of carbonyl (C=O) groups excluding carboxylic acids is 2. The summed E-state index contributed by atoms with van der Waals surface area (Å²) in [6.45, 7) is 8.35. The summed E-state index contributed by atoms with van der Waals surface area (Å²) in [5.74, 6) is -0.132. The maximum atomic E-state index is 13.5. The Morgan fingerprint density at radius 1 is 1.31 bits per heavy atom. The van der Waals surface area contributed by atoms with Crippen molar-refractivity contribution in [2.24, 2.45) is 5.41 Å². The summed E-state index contributed by atoms with van der Waals surface area (Å²) >= 11 is 5.20. The number of nitrogens with one attached hydrogen (secondary N) is 4. The van der Waals surface area contributed by atoms with E-state index in [2.05, 4.69) is 20.7 Å². The molecule has 2 aliphatic heterocycles. The molecule has 2 amide bonds. The summed E-state index contributed by atoms with van der Waals surface area (Å²) in [5.41, 5.74) is 1.18. The zero-order valence-electron chi connectivity index (χ0n) is 20.9. The van der Waals surface area contributed by atoms with E-state index in [9.17, 15) is 18.0 Å². The van der Waals surface area contributed by atoms with E-state index in [1.807, 2.05) is 25.7 Å². The van der Waals surface area contributed by atoms with Crippen molar-refractivity contribution in [2.45, 2.75) is 51.0 Å². The van der Waals surface area contributed by atoms with Crippen molar-refractivity contribution in [3.63, 3.8) is 0 Å². The Kier molecular flexibility index (Phi) is 9.31. The number of ether oxygens (including phenoxy) is 1. The lowest BCUT2D eigenvalue weighted by Gasteiger charge is -2.33. The second kappa shape index (κ2) is 12.0. The average Bonchev–Trinajstić information content (AvgIpc) is 3.15. The van der Waals surface area contributed by atoms with Crippen LogP contribution in [0, 0.1) is 5.41 Å². The molecule has 0 aromatic heterocycles. The third kappa shape index (κ3) is 5.98. The fourth-order valence-corrected chi connectivity index (χ4v) is 6.27. The van der Waals surface area contributed by atoms with Crippen LogP contribution in [0.1, 0.15) is 51.6 Å². The van der Waals surface area contributed by atoms with Gasteiger partial charge in [-0.2, -0.15) is 0 Å². The molecule has 1 aromatic carbocycles. The van der Waals surface area contributed by atoms with E-state index >= 15 is 0 Å². The minimum Gasteiger partial charge on any atom is -0.378 e. The van der Waals surface area contributed by atoms with E-state index in [0.29, 0.717) is 56.9 Å². The van der Waals surface area contributed by atoms with Crippen LogP contribution in [0.4, 0.5) is 5.69 Å². The molecule has 3 rings (SSSR count). The number of sulfonamides is 1. The molecule has 4 N–H and O–H groups in total. The number of benzene rings is 1. The first-order valence-corrected chi connectivity index (χ1v) is 14.0. The highest BCUT2D eigenvalue weighted by atomic mass is 32.2. The molecule has 2 atom stereocenters. The van der Waals surface area contributed by atoms with Gasteiger partial charge in [-0.1, -0.05) is 19.9 Å². The van der Waals surface area contributed by atoms with E-state index in [0.717, 1.165) is 12.0 Å². The second-order valence-corrected chi connectivity index (χ2v) is 11.0. The fraction of sp³-hybridized carbons (Fsp3) is 0.542. The minimum absolute atomic E-state index is 0.0195. The molecule has 0 spiro atoms. The molecule has 1 aromatic rings. The van der Waals surface area contributed by atoms with E-state index in [-0.39, 0.29) is 22.3 Å². The summed E-state index contributed by atoms with van der Waals surface area (Å²) < 4.78 is 34.9. The highest BCUT2D eigenvalue weighted by Crippen LogP contribution is 2.43. The van der Waals surface area contributed by atoms with Crippen molar-refractivity contribution in [3.8, 4) is 0 Å². The maximum Gasteiger partial charge on any atom is 0.265 e. The number of hydrogen-bond acceptors (Lipinski definition) is 7. The van der Waals surface area contributed by atoms with E-state index in [1.54, 1.807) is 24.4 Å². The van der Waals surface area contributed by atoms with Gasteiger partial charge in [0.2, 0.25) is 12.3 Å². The van der Waals surface area contributed by atoms with Crippen molar-refractivity contribution in [3.05, 3.63) is 35.5 Å². The molecule has 10 nitrogen and oxygen atoms in total. The van der Waals surface area contributed by atoms with E-state index < -0.39 is 21.5 Å². The van der Waals surface area contributed by atoms with Crippen LogP contribution in [0.25, 0.3) is 0 Å². The van der Waals surface area contributed by atoms with Gasteiger partial charge in [0.15, 0.2) is 5.11 Å². The molecule has 36 heavy (non-hydrogen) atoms. The third-order valence-electron chi connectivity index (χ3n) is 6.82. The topological polar surface area (TPSA) is 129 Å². The molecular weight excluding hydrogens is 502 g/mol. The van der Waals surface area contributed by atoms with Gasteiger partial charge in [0, 0.05) is 25.8 Å².